The van der Waals surface area contributed by atoms with E-state index < -0.39 is 17.5 Å². The van der Waals surface area contributed by atoms with Gasteiger partial charge in [0, 0.05) is 24.6 Å². The predicted molar refractivity (Wildman–Crippen MR) is 74.0 cm³/mol. The molecule has 0 aliphatic carbocycles. The molecule has 2 nitrogen and oxygen atoms in total. The Morgan fingerprint density at radius 2 is 1.81 bits per heavy atom. The zero-order chi connectivity index (χ0) is 15.0. The molecule has 0 amide bonds. The fourth-order valence-electron chi connectivity index (χ4n) is 2.43. The Hall–Kier alpha value is -2.17. The number of hydrogen-bond acceptors (Lipinski definition) is 2. The molecule has 0 saturated carbocycles. The topological polar surface area (TPSA) is 21.3 Å². The average Bonchev–Trinajstić information content (AvgIpc) is 2.92. The smallest absolute Gasteiger partial charge is 0.161 e. The Balaban J connectivity index is 1.83. The average molecular weight is 293 g/mol. The van der Waals surface area contributed by atoms with Crippen molar-refractivity contribution in [2.45, 2.75) is 19.4 Å². The number of halogens is 3. The van der Waals surface area contributed by atoms with Crippen molar-refractivity contribution in [3.8, 4) is 5.75 Å². The number of ether oxygens (including phenoxy) is 1. The first-order valence-corrected chi connectivity index (χ1v) is 6.71. The van der Waals surface area contributed by atoms with Gasteiger partial charge in [0.15, 0.2) is 11.6 Å². The van der Waals surface area contributed by atoms with Crippen LogP contribution in [0.2, 0.25) is 0 Å². The molecule has 1 atom stereocenters. The summed E-state index contributed by atoms with van der Waals surface area (Å²) >= 11 is 0. The fourth-order valence-corrected chi connectivity index (χ4v) is 2.43. The van der Waals surface area contributed by atoms with E-state index in [1.54, 1.807) is 0 Å². The Bertz CT molecular complexity index is 687. The summed E-state index contributed by atoms with van der Waals surface area (Å²) < 4.78 is 45.2. The summed E-state index contributed by atoms with van der Waals surface area (Å²) in [5.74, 6) is -2.22. The maximum atomic E-state index is 13.6. The summed E-state index contributed by atoms with van der Waals surface area (Å²) in [7, 11) is 0. The van der Waals surface area contributed by atoms with Gasteiger partial charge in [0.05, 0.1) is 12.3 Å². The summed E-state index contributed by atoms with van der Waals surface area (Å²) in [5.41, 5.74) is 1.98. The Kier molecular flexibility index (Phi) is 3.49. The van der Waals surface area contributed by atoms with E-state index >= 15 is 0 Å². The van der Waals surface area contributed by atoms with Gasteiger partial charge >= 0.3 is 0 Å². The Morgan fingerprint density at radius 1 is 1.05 bits per heavy atom. The van der Waals surface area contributed by atoms with Crippen LogP contribution in [0, 0.1) is 17.5 Å². The minimum absolute atomic E-state index is 0.0573. The lowest BCUT2D eigenvalue weighted by Gasteiger charge is -2.17. The highest BCUT2D eigenvalue weighted by molar-refractivity contribution is 5.49. The highest BCUT2D eigenvalue weighted by Gasteiger charge is 2.16. The molecular formula is C16H14F3NO. The van der Waals surface area contributed by atoms with Crippen molar-refractivity contribution in [3.05, 3.63) is 58.9 Å². The van der Waals surface area contributed by atoms with Gasteiger partial charge in [-0.1, -0.05) is 6.07 Å². The zero-order valence-electron chi connectivity index (χ0n) is 11.4. The summed E-state index contributed by atoms with van der Waals surface area (Å²) in [6.45, 7) is 2.50. The molecule has 1 aliphatic rings. The van der Waals surface area contributed by atoms with Crippen LogP contribution >= 0.6 is 0 Å². The van der Waals surface area contributed by atoms with E-state index in [0.717, 1.165) is 29.4 Å². The van der Waals surface area contributed by atoms with Crippen LogP contribution in [0.1, 0.15) is 24.1 Å². The third kappa shape index (κ3) is 2.68. The Labute approximate surface area is 120 Å². The van der Waals surface area contributed by atoms with E-state index in [9.17, 15) is 13.2 Å². The maximum Gasteiger partial charge on any atom is 0.161 e. The second kappa shape index (κ2) is 5.31. The molecule has 0 radical (unpaired) electrons. The van der Waals surface area contributed by atoms with Gasteiger partial charge in [-0.2, -0.15) is 0 Å². The molecule has 0 fully saturated rings. The Morgan fingerprint density at radius 3 is 2.62 bits per heavy atom. The van der Waals surface area contributed by atoms with E-state index in [1.807, 2.05) is 25.1 Å². The van der Waals surface area contributed by atoms with E-state index in [2.05, 4.69) is 5.32 Å². The summed E-state index contributed by atoms with van der Waals surface area (Å²) in [6, 6.07) is 6.86. The largest absolute Gasteiger partial charge is 0.493 e. The van der Waals surface area contributed by atoms with E-state index in [1.165, 1.54) is 0 Å². The predicted octanol–water partition coefficient (Wildman–Crippen LogP) is 4.21. The molecule has 21 heavy (non-hydrogen) atoms. The van der Waals surface area contributed by atoms with Crippen LogP contribution in [0.5, 0.6) is 5.75 Å². The monoisotopic (exact) mass is 293 g/mol. The van der Waals surface area contributed by atoms with Crippen molar-refractivity contribution in [2.24, 2.45) is 0 Å². The minimum Gasteiger partial charge on any atom is -0.493 e. The van der Waals surface area contributed by atoms with Crippen LogP contribution in [0.3, 0.4) is 0 Å². The second-order valence-electron chi connectivity index (χ2n) is 5.08. The SMILES string of the molecule is CC(Nc1cc(F)c(F)cc1F)c1ccc2c(c1)CCO2. The van der Waals surface area contributed by atoms with Crippen molar-refractivity contribution in [3.63, 3.8) is 0 Å². The highest BCUT2D eigenvalue weighted by Crippen LogP contribution is 2.30. The van der Waals surface area contributed by atoms with Crippen molar-refractivity contribution in [1.29, 1.82) is 0 Å². The molecule has 0 spiro atoms. The lowest BCUT2D eigenvalue weighted by Crippen LogP contribution is -2.09. The van der Waals surface area contributed by atoms with Gasteiger partial charge < -0.3 is 10.1 Å². The molecule has 1 heterocycles. The summed E-state index contributed by atoms with van der Waals surface area (Å²) in [5, 5.41) is 2.86. The van der Waals surface area contributed by atoms with Crippen molar-refractivity contribution in [2.75, 3.05) is 11.9 Å². The molecule has 2 aromatic carbocycles. The summed E-state index contributed by atoms with van der Waals surface area (Å²) in [4.78, 5) is 0. The first-order valence-electron chi connectivity index (χ1n) is 6.71. The van der Waals surface area contributed by atoms with Gasteiger partial charge in [0.2, 0.25) is 0 Å². The number of rotatable bonds is 3. The third-order valence-corrected chi connectivity index (χ3v) is 3.60. The molecule has 110 valence electrons. The number of hydrogen-bond donors (Lipinski definition) is 1. The lowest BCUT2D eigenvalue weighted by molar-refractivity contribution is 0.357. The molecule has 0 aromatic heterocycles. The third-order valence-electron chi connectivity index (χ3n) is 3.60. The van der Waals surface area contributed by atoms with Crippen LogP contribution in [-0.2, 0) is 6.42 Å². The maximum absolute atomic E-state index is 13.6. The molecule has 1 aliphatic heterocycles. The zero-order valence-corrected chi connectivity index (χ0v) is 11.4. The van der Waals surface area contributed by atoms with Gasteiger partial charge in [0.25, 0.3) is 0 Å². The first-order chi connectivity index (χ1) is 10.0. The molecule has 5 heteroatoms. The fraction of sp³-hybridized carbons (Fsp3) is 0.250. The molecule has 0 saturated heterocycles. The van der Waals surface area contributed by atoms with Gasteiger partial charge in [0.1, 0.15) is 11.6 Å². The molecule has 0 bridgehead atoms. The van der Waals surface area contributed by atoms with Crippen LogP contribution in [-0.4, -0.2) is 6.61 Å². The molecular weight excluding hydrogens is 279 g/mol. The molecule has 1 N–H and O–H groups in total. The van der Waals surface area contributed by atoms with Crippen molar-refractivity contribution in [1.82, 2.24) is 0 Å². The van der Waals surface area contributed by atoms with Crippen LogP contribution in [0.25, 0.3) is 0 Å². The van der Waals surface area contributed by atoms with Crippen molar-refractivity contribution >= 4 is 5.69 Å². The second-order valence-corrected chi connectivity index (χ2v) is 5.08. The van der Waals surface area contributed by atoms with Gasteiger partial charge in [-0.15, -0.1) is 0 Å². The van der Waals surface area contributed by atoms with Crippen LogP contribution in [0.15, 0.2) is 30.3 Å². The molecule has 3 rings (SSSR count). The number of nitrogens with one attached hydrogen (secondary N) is 1. The lowest BCUT2D eigenvalue weighted by atomic mass is 10.0. The highest BCUT2D eigenvalue weighted by atomic mass is 19.2. The normalized spacial score (nSPS) is 14.5. The van der Waals surface area contributed by atoms with Crippen LogP contribution in [0.4, 0.5) is 18.9 Å². The van der Waals surface area contributed by atoms with E-state index in [4.69, 9.17) is 4.74 Å². The number of benzene rings is 2. The van der Waals surface area contributed by atoms with Gasteiger partial charge in [-0.3, -0.25) is 0 Å². The molecule has 2 aromatic rings. The standard InChI is InChI=1S/C16H14F3NO/c1-9(10-2-3-16-11(6-10)4-5-21-16)20-15-8-13(18)12(17)7-14(15)19/h2-3,6-9,20H,4-5H2,1H3. The van der Waals surface area contributed by atoms with Crippen LogP contribution < -0.4 is 10.1 Å². The van der Waals surface area contributed by atoms with Gasteiger partial charge in [-0.25, -0.2) is 13.2 Å². The first kappa shape index (κ1) is 13.8. The molecule has 1 unspecified atom stereocenters. The summed E-state index contributed by atoms with van der Waals surface area (Å²) in [6.07, 6.45) is 0.843. The number of fused-ring (bicyclic) bond motifs is 1. The quantitative estimate of drug-likeness (QED) is 0.856. The van der Waals surface area contributed by atoms with Gasteiger partial charge in [-0.05, 0) is 30.2 Å². The number of anilines is 1. The minimum atomic E-state index is -1.19. The van der Waals surface area contributed by atoms with Crippen molar-refractivity contribution < 1.29 is 17.9 Å². The van der Waals surface area contributed by atoms with E-state index in [-0.39, 0.29) is 11.7 Å². The van der Waals surface area contributed by atoms with E-state index in [0.29, 0.717) is 12.7 Å².